The first-order chi connectivity index (χ1) is 15.0. The van der Waals surface area contributed by atoms with Crippen LogP contribution in [-0.2, 0) is 14.3 Å². The smallest absolute Gasteiger partial charge is 0.255 e. The minimum Gasteiger partial charge on any atom is -0.494 e. The van der Waals surface area contributed by atoms with Crippen LogP contribution >= 0.6 is 0 Å². The minimum absolute atomic E-state index is 0.0155. The Kier molecular flexibility index (Phi) is 12.8. The molecule has 2 amide bonds. The maximum Gasteiger partial charge on any atom is 0.255 e. The summed E-state index contributed by atoms with van der Waals surface area (Å²) in [6.07, 6.45) is 4.15. The normalized spacial score (nSPS) is 11.5. The van der Waals surface area contributed by atoms with E-state index in [1.165, 1.54) is 31.1 Å². The predicted molar refractivity (Wildman–Crippen MR) is 114 cm³/mol. The van der Waals surface area contributed by atoms with Crippen molar-refractivity contribution in [1.29, 1.82) is 0 Å². The predicted octanol–water partition coefficient (Wildman–Crippen LogP) is 1.22. The number of aliphatic hydroxyl groups is 1. The Bertz CT molecular complexity index is 724. The van der Waals surface area contributed by atoms with Crippen molar-refractivity contribution in [3.05, 3.63) is 29.3 Å². The molecule has 1 aromatic carbocycles. The monoisotopic (exact) mass is 436 g/mol. The van der Waals surface area contributed by atoms with E-state index in [9.17, 15) is 19.2 Å². The summed E-state index contributed by atoms with van der Waals surface area (Å²) in [7, 11) is 2.93. The maximum atomic E-state index is 12.9. The van der Waals surface area contributed by atoms with Gasteiger partial charge in [-0.25, -0.2) is 0 Å². The molecule has 9 heteroatoms. The van der Waals surface area contributed by atoms with Gasteiger partial charge in [-0.15, -0.1) is 0 Å². The molecule has 1 atom stereocenters. The van der Waals surface area contributed by atoms with Crippen molar-refractivity contribution in [3.63, 3.8) is 0 Å². The number of benzene rings is 1. The Hall–Kier alpha value is -2.78. The summed E-state index contributed by atoms with van der Waals surface area (Å²) in [6.45, 7) is 1.40. The largest absolute Gasteiger partial charge is 0.494 e. The summed E-state index contributed by atoms with van der Waals surface area (Å²) in [5.41, 5.74) is 0.323. The van der Waals surface area contributed by atoms with Gasteiger partial charge >= 0.3 is 0 Å². The molecular weight excluding hydrogens is 404 g/mol. The molecule has 2 N–H and O–H groups in total. The van der Waals surface area contributed by atoms with Gasteiger partial charge in [-0.05, 0) is 43.9 Å². The van der Waals surface area contributed by atoms with E-state index in [2.05, 4.69) is 5.32 Å². The summed E-state index contributed by atoms with van der Waals surface area (Å²) >= 11 is 0. The quantitative estimate of drug-likeness (QED) is 0.295. The summed E-state index contributed by atoms with van der Waals surface area (Å²) in [4.78, 5) is 48.5. The number of unbranched alkanes of at least 4 members (excludes halogenated alkanes) is 2. The van der Waals surface area contributed by atoms with Crippen LogP contribution in [0.15, 0.2) is 18.2 Å². The highest BCUT2D eigenvalue weighted by atomic mass is 16.5. The molecular formula is C22H32N2O7. The first kappa shape index (κ1) is 26.3. The van der Waals surface area contributed by atoms with Gasteiger partial charge in [0.2, 0.25) is 5.91 Å². The number of aldehydes is 2. The van der Waals surface area contributed by atoms with E-state index < -0.39 is 11.9 Å². The van der Waals surface area contributed by atoms with Crippen molar-refractivity contribution in [2.75, 3.05) is 40.5 Å². The summed E-state index contributed by atoms with van der Waals surface area (Å²) in [5, 5.41) is 11.1. The molecule has 0 aromatic heterocycles. The van der Waals surface area contributed by atoms with Crippen molar-refractivity contribution >= 4 is 24.4 Å². The van der Waals surface area contributed by atoms with Gasteiger partial charge in [0.25, 0.3) is 5.91 Å². The summed E-state index contributed by atoms with van der Waals surface area (Å²) in [5.74, 6) is -0.398. The van der Waals surface area contributed by atoms with Gasteiger partial charge in [0, 0.05) is 32.7 Å². The van der Waals surface area contributed by atoms with Crippen molar-refractivity contribution in [1.82, 2.24) is 10.2 Å². The lowest BCUT2D eigenvalue weighted by atomic mass is 10.0. The zero-order valence-electron chi connectivity index (χ0n) is 18.2. The molecule has 31 heavy (non-hydrogen) atoms. The lowest BCUT2D eigenvalue weighted by Gasteiger charge is -2.27. The molecule has 1 rings (SSSR count). The average Bonchev–Trinajstić information content (AvgIpc) is 2.79. The third-order valence-electron chi connectivity index (χ3n) is 4.71. The van der Waals surface area contributed by atoms with Gasteiger partial charge in [-0.1, -0.05) is 0 Å². The molecule has 1 aromatic rings. The van der Waals surface area contributed by atoms with E-state index >= 15 is 0 Å². The molecule has 0 saturated heterocycles. The zero-order chi connectivity index (χ0) is 23.1. The van der Waals surface area contributed by atoms with E-state index in [-0.39, 0.29) is 36.5 Å². The third kappa shape index (κ3) is 8.85. The fraction of sp³-hybridized carbons (Fsp3) is 0.545. The number of hydrogen-bond acceptors (Lipinski definition) is 7. The topological polar surface area (TPSA) is 122 Å². The van der Waals surface area contributed by atoms with Crippen LogP contribution < -0.4 is 10.1 Å². The Balaban J connectivity index is 2.72. The lowest BCUT2D eigenvalue weighted by Crippen LogP contribution is -2.47. The second-order valence-corrected chi connectivity index (χ2v) is 6.90. The number of nitrogens with one attached hydrogen (secondary N) is 1. The first-order valence-corrected chi connectivity index (χ1v) is 10.3. The molecule has 0 aliphatic carbocycles. The lowest BCUT2D eigenvalue weighted by molar-refractivity contribution is -0.125. The second-order valence-electron chi connectivity index (χ2n) is 6.90. The number of likely N-dealkylation sites (N-methyl/N-ethyl adjacent to an activating group) is 2. The van der Waals surface area contributed by atoms with E-state index in [4.69, 9.17) is 14.6 Å². The van der Waals surface area contributed by atoms with E-state index in [0.29, 0.717) is 38.1 Å². The van der Waals surface area contributed by atoms with Gasteiger partial charge < -0.3 is 29.6 Å². The second kappa shape index (κ2) is 15.1. The highest BCUT2D eigenvalue weighted by molar-refractivity contribution is 6.03. The highest BCUT2D eigenvalue weighted by Gasteiger charge is 2.27. The van der Waals surface area contributed by atoms with Crippen LogP contribution in [0.1, 0.15) is 52.8 Å². The number of rotatable bonds is 16. The van der Waals surface area contributed by atoms with E-state index in [0.717, 1.165) is 19.3 Å². The van der Waals surface area contributed by atoms with Crippen molar-refractivity contribution in [2.24, 2.45) is 0 Å². The molecule has 172 valence electrons. The van der Waals surface area contributed by atoms with Crippen LogP contribution in [0.2, 0.25) is 0 Å². The van der Waals surface area contributed by atoms with Gasteiger partial charge in [-0.3, -0.25) is 14.4 Å². The van der Waals surface area contributed by atoms with Crippen LogP contribution in [0.5, 0.6) is 5.75 Å². The highest BCUT2D eigenvalue weighted by Crippen LogP contribution is 2.20. The molecule has 0 fully saturated rings. The van der Waals surface area contributed by atoms with Crippen molar-refractivity contribution in [3.8, 4) is 5.75 Å². The fourth-order valence-corrected chi connectivity index (χ4v) is 2.99. The molecule has 0 spiro atoms. The third-order valence-corrected chi connectivity index (χ3v) is 4.71. The number of ether oxygens (including phenoxy) is 2. The fourth-order valence-electron chi connectivity index (χ4n) is 2.99. The van der Waals surface area contributed by atoms with Gasteiger partial charge in [0.15, 0.2) is 6.29 Å². The molecule has 0 radical (unpaired) electrons. The van der Waals surface area contributed by atoms with E-state index in [1.54, 1.807) is 6.07 Å². The number of aliphatic hydroxyl groups excluding tert-OH is 1. The Morgan fingerprint density at radius 1 is 1.16 bits per heavy atom. The summed E-state index contributed by atoms with van der Waals surface area (Å²) in [6, 6.07) is 3.79. The number of carbonyl (C=O) groups is 4. The van der Waals surface area contributed by atoms with Gasteiger partial charge in [0.1, 0.15) is 18.1 Å². The molecule has 0 saturated carbocycles. The average molecular weight is 437 g/mol. The standard InChI is InChI=1S/C22H32N2O7/c1-23-21(28)20(7-6-10-25)24(2)22(29)19-9-8-18(15-17(19)16-27)31-13-5-3-4-12-30-14-11-26/h8-10,15-16,20,26H,3-7,11-14H2,1-2H3,(H,23,28). The molecule has 0 aliphatic rings. The number of nitrogens with zero attached hydrogens (tertiary/aromatic N) is 1. The number of carbonyl (C=O) groups excluding carboxylic acids is 4. The number of amides is 2. The van der Waals surface area contributed by atoms with Crippen molar-refractivity contribution in [2.45, 2.75) is 38.1 Å². The van der Waals surface area contributed by atoms with Crippen LogP contribution in [0.3, 0.4) is 0 Å². The Morgan fingerprint density at radius 2 is 1.90 bits per heavy atom. The maximum absolute atomic E-state index is 12.9. The Labute approximate surface area is 182 Å². The van der Waals surface area contributed by atoms with Gasteiger partial charge in [0.05, 0.1) is 25.4 Å². The van der Waals surface area contributed by atoms with Crippen LogP contribution in [0.25, 0.3) is 0 Å². The molecule has 0 heterocycles. The molecule has 9 nitrogen and oxygen atoms in total. The summed E-state index contributed by atoms with van der Waals surface area (Å²) < 4.78 is 10.8. The van der Waals surface area contributed by atoms with Crippen molar-refractivity contribution < 1.29 is 33.8 Å². The molecule has 0 aliphatic heterocycles. The van der Waals surface area contributed by atoms with Crippen LogP contribution in [-0.4, -0.2) is 81.0 Å². The zero-order valence-corrected chi connectivity index (χ0v) is 18.2. The SMILES string of the molecule is CNC(=O)C(CCC=O)N(C)C(=O)c1ccc(OCCCCCOCCO)cc1C=O. The van der Waals surface area contributed by atoms with Crippen LogP contribution in [0, 0.1) is 0 Å². The van der Waals surface area contributed by atoms with E-state index in [1.807, 2.05) is 0 Å². The molecule has 0 bridgehead atoms. The first-order valence-electron chi connectivity index (χ1n) is 10.3. The molecule has 1 unspecified atom stereocenters. The van der Waals surface area contributed by atoms with Crippen LogP contribution in [0.4, 0.5) is 0 Å². The van der Waals surface area contributed by atoms with Gasteiger partial charge in [-0.2, -0.15) is 0 Å². The number of hydrogen-bond donors (Lipinski definition) is 2. The minimum atomic E-state index is -0.820. The Morgan fingerprint density at radius 3 is 2.55 bits per heavy atom.